The molecule has 2 rings (SSSR count). The average molecular weight is 352 g/mol. The first kappa shape index (κ1) is 18.1. The van der Waals surface area contributed by atoms with Gasteiger partial charge in [-0.3, -0.25) is 4.79 Å². The number of benzene rings is 2. The van der Waals surface area contributed by atoms with E-state index in [1.807, 2.05) is 30.3 Å². The highest BCUT2D eigenvalue weighted by molar-refractivity contribution is 8.00. The Hall–Kier alpha value is -2.28. The molecule has 126 valence electrons. The number of hydrogen-bond donors (Lipinski definition) is 1. The van der Waals surface area contributed by atoms with Crippen molar-refractivity contribution in [2.24, 2.45) is 5.10 Å². The summed E-state index contributed by atoms with van der Waals surface area (Å²) in [5, 5.41) is 3.21. The van der Waals surface area contributed by atoms with Crippen LogP contribution in [0.4, 0.5) is 13.2 Å². The van der Waals surface area contributed by atoms with Gasteiger partial charge in [0, 0.05) is 10.5 Å². The van der Waals surface area contributed by atoms with Crippen molar-refractivity contribution < 1.29 is 18.0 Å². The number of carbonyl (C=O) groups excluding carboxylic acids is 1. The molecule has 0 aromatic heterocycles. The van der Waals surface area contributed by atoms with E-state index in [9.17, 15) is 18.0 Å². The van der Waals surface area contributed by atoms with Crippen LogP contribution in [0.25, 0.3) is 0 Å². The molecule has 0 aliphatic carbocycles. The summed E-state index contributed by atoms with van der Waals surface area (Å²) in [4.78, 5) is 12.9. The van der Waals surface area contributed by atoms with Gasteiger partial charge in [-0.15, -0.1) is 11.8 Å². The fourth-order valence-corrected chi connectivity index (χ4v) is 2.76. The van der Waals surface area contributed by atoms with E-state index < -0.39 is 17.0 Å². The number of nitrogens with one attached hydrogen (secondary N) is 1. The van der Waals surface area contributed by atoms with Crippen LogP contribution >= 0.6 is 11.8 Å². The second-order valence-corrected chi connectivity index (χ2v) is 6.31. The van der Waals surface area contributed by atoms with Gasteiger partial charge in [-0.25, -0.2) is 5.43 Å². The van der Waals surface area contributed by atoms with Crippen LogP contribution in [0.2, 0.25) is 0 Å². The third kappa shape index (κ3) is 5.13. The van der Waals surface area contributed by atoms with Crippen molar-refractivity contribution in [3.05, 3.63) is 65.7 Å². The highest BCUT2D eigenvalue weighted by atomic mass is 32.2. The molecule has 0 bridgehead atoms. The molecular weight excluding hydrogens is 337 g/mol. The summed E-state index contributed by atoms with van der Waals surface area (Å²) >= 11 is 1.34. The molecule has 0 fully saturated rings. The first-order valence-electron chi connectivity index (χ1n) is 7.09. The minimum atomic E-state index is -4.47. The number of halogens is 3. The van der Waals surface area contributed by atoms with Gasteiger partial charge in [-0.05, 0) is 25.1 Å². The molecule has 0 heterocycles. The summed E-state index contributed by atoms with van der Waals surface area (Å²) < 4.78 is 38.6. The minimum Gasteiger partial charge on any atom is -0.272 e. The minimum absolute atomic E-state index is 0.103. The lowest BCUT2D eigenvalue weighted by molar-refractivity contribution is -0.137. The number of amides is 1. The van der Waals surface area contributed by atoms with Crippen molar-refractivity contribution in [2.75, 3.05) is 0 Å². The topological polar surface area (TPSA) is 41.5 Å². The molecule has 0 aliphatic rings. The first-order valence-corrected chi connectivity index (χ1v) is 7.97. The normalized spacial score (nSPS) is 13.0. The van der Waals surface area contributed by atoms with Crippen molar-refractivity contribution >= 4 is 23.9 Å². The van der Waals surface area contributed by atoms with Gasteiger partial charge >= 0.3 is 6.18 Å². The van der Waals surface area contributed by atoms with Crippen molar-refractivity contribution in [3.8, 4) is 0 Å². The summed E-state index contributed by atoms with van der Waals surface area (Å²) in [7, 11) is 0. The predicted molar refractivity (Wildman–Crippen MR) is 88.9 cm³/mol. The summed E-state index contributed by atoms with van der Waals surface area (Å²) in [6.45, 7) is 1.70. The zero-order chi connectivity index (χ0) is 17.6. The van der Waals surface area contributed by atoms with E-state index in [1.165, 1.54) is 30.0 Å². The van der Waals surface area contributed by atoms with Gasteiger partial charge in [0.05, 0.1) is 17.0 Å². The fraction of sp³-hybridized carbons (Fsp3) is 0.176. The molecule has 0 unspecified atom stereocenters. The predicted octanol–water partition coefficient (Wildman–Crippen LogP) is 4.34. The van der Waals surface area contributed by atoms with Crippen molar-refractivity contribution in [2.45, 2.75) is 23.2 Å². The van der Waals surface area contributed by atoms with E-state index in [4.69, 9.17) is 0 Å². The molecule has 2 aromatic rings. The van der Waals surface area contributed by atoms with Crippen LogP contribution in [0.1, 0.15) is 18.1 Å². The molecule has 1 atom stereocenters. The number of alkyl halides is 3. The van der Waals surface area contributed by atoms with E-state index in [2.05, 4.69) is 10.5 Å². The molecule has 0 spiro atoms. The van der Waals surface area contributed by atoms with E-state index in [-0.39, 0.29) is 11.5 Å². The van der Waals surface area contributed by atoms with Crippen molar-refractivity contribution in [1.82, 2.24) is 5.43 Å². The third-order valence-corrected chi connectivity index (χ3v) is 4.18. The maximum Gasteiger partial charge on any atom is 0.417 e. The summed E-state index contributed by atoms with van der Waals surface area (Å²) in [5.74, 6) is -0.385. The van der Waals surface area contributed by atoms with Crippen LogP contribution in [0, 0.1) is 0 Å². The number of hydrazone groups is 1. The Morgan fingerprint density at radius 1 is 1.12 bits per heavy atom. The van der Waals surface area contributed by atoms with E-state index in [0.717, 1.165) is 17.2 Å². The molecule has 0 radical (unpaired) electrons. The quantitative estimate of drug-likeness (QED) is 0.494. The molecule has 3 nitrogen and oxygen atoms in total. The zero-order valence-corrected chi connectivity index (χ0v) is 13.6. The number of rotatable bonds is 5. The fourth-order valence-electron chi connectivity index (χ4n) is 1.88. The Morgan fingerprint density at radius 2 is 1.75 bits per heavy atom. The summed E-state index contributed by atoms with van der Waals surface area (Å²) in [6.07, 6.45) is -3.47. The molecule has 7 heteroatoms. The molecule has 0 saturated heterocycles. The molecule has 0 aliphatic heterocycles. The lowest BCUT2D eigenvalue weighted by atomic mass is 10.1. The molecule has 2 aromatic carbocycles. The average Bonchev–Trinajstić information content (AvgIpc) is 2.55. The Bertz CT molecular complexity index is 717. The van der Waals surface area contributed by atoms with Crippen LogP contribution < -0.4 is 5.43 Å². The summed E-state index contributed by atoms with van der Waals surface area (Å²) in [6, 6.07) is 14.4. The van der Waals surface area contributed by atoms with Gasteiger partial charge in [0.25, 0.3) is 5.91 Å². The second kappa shape index (κ2) is 8.01. The maximum atomic E-state index is 12.9. The highest BCUT2D eigenvalue weighted by Crippen LogP contribution is 2.31. The molecule has 1 N–H and O–H groups in total. The lowest BCUT2D eigenvalue weighted by Gasteiger charge is -2.10. The molecular formula is C17H15F3N2OS. The number of hydrogen-bond acceptors (Lipinski definition) is 3. The van der Waals surface area contributed by atoms with Crippen LogP contribution in [0.5, 0.6) is 0 Å². The van der Waals surface area contributed by atoms with Gasteiger partial charge in [-0.2, -0.15) is 18.3 Å². The lowest BCUT2D eigenvalue weighted by Crippen LogP contribution is -2.26. The Kier molecular flexibility index (Phi) is 6.03. The van der Waals surface area contributed by atoms with E-state index in [1.54, 1.807) is 6.92 Å². The second-order valence-electron chi connectivity index (χ2n) is 4.89. The van der Waals surface area contributed by atoms with Gasteiger partial charge in [0.2, 0.25) is 0 Å². The molecule has 1 amide bonds. The van der Waals surface area contributed by atoms with Crippen molar-refractivity contribution in [3.63, 3.8) is 0 Å². The Balaban J connectivity index is 1.98. The van der Waals surface area contributed by atoms with Gasteiger partial charge in [-0.1, -0.05) is 36.4 Å². The van der Waals surface area contributed by atoms with Crippen LogP contribution in [0.3, 0.4) is 0 Å². The highest BCUT2D eigenvalue weighted by Gasteiger charge is 2.32. The first-order chi connectivity index (χ1) is 11.4. The van der Waals surface area contributed by atoms with Gasteiger partial charge in [0.15, 0.2) is 0 Å². The van der Waals surface area contributed by atoms with Crippen LogP contribution in [-0.4, -0.2) is 17.4 Å². The zero-order valence-electron chi connectivity index (χ0n) is 12.7. The molecule has 0 saturated carbocycles. The smallest absolute Gasteiger partial charge is 0.272 e. The third-order valence-electron chi connectivity index (χ3n) is 3.07. The largest absolute Gasteiger partial charge is 0.417 e. The number of nitrogens with zero attached hydrogens (tertiary/aromatic N) is 1. The number of thioether (sulfide) groups is 1. The van der Waals surface area contributed by atoms with Gasteiger partial charge < -0.3 is 0 Å². The van der Waals surface area contributed by atoms with Crippen LogP contribution in [0.15, 0.2) is 64.6 Å². The summed E-state index contributed by atoms with van der Waals surface area (Å²) in [5.41, 5.74) is 1.37. The standard InChI is InChI=1S/C17H15F3N2OS/c1-12(24-14-8-3-2-4-9-14)16(23)22-21-11-13-7-5-6-10-15(13)17(18,19)20/h2-12H,1H3,(H,22,23)/b21-11-/t12-/m1/s1. The monoisotopic (exact) mass is 352 g/mol. The SMILES string of the molecule is C[C@@H](Sc1ccccc1)C(=O)N/N=C\c1ccccc1C(F)(F)F. The van der Waals surface area contributed by atoms with E-state index >= 15 is 0 Å². The maximum absolute atomic E-state index is 12.9. The number of carbonyl (C=O) groups is 1. The van der Waals surface area contributed by atoms with Crippen LogP contribution in [-0.2, 0) is 11.0 Å². The van der Waals surface area contributed by atoms with E-state index in [0.29, 0.717) is 0 Å². The Labute approximate surface area is 142 Å². The van der Waals surface area contributed by atoms with Gasteiger partial charge in [0.1, 0.15) is 0 Å². The van der Waals surface area contributed by atoms with Crippen molar-refractivity contribution in [1.29, 1.82) is 0 Å². The molecule has 24 heavy (non-hydrogen) atoms. The Morgan fingerprint density at radius 3 is 2.42 bits per heavy atom.